The van der Waals surface area contributed by atoms with Gasteiger partial charge in [-0.25, -0.2) is 0 Å². The van der Waals surface area contributed by atoms with Crippen molar-refractivity contribution in [2.24, 2.45) is 0 Å². The fourth-order valence-corrected chi connectivity index (χ4v) is 2.26. The van der Waals surface area contributed by atoms with E-state index >= 15 is 0 Å². The van der Waals surface area contributed by atoms with E-state index in [1.54, 1.807) is 13.3 Å². The Bertz CT molecular complexity index is 801. The van der Waals surface area contributed by atoms with E-state index in [1.165, 1.54) is 0 Å². The molecule has 0 atom stereocenters. The van der Waals surface area contributed by atoms with Crippen LogP contribution in [0, 0.1) is 11.3 Å². The minimum Gasteiger partial charge on any atom is -0.497 e. The summed E-state index contributed by atoms with van der Waals surface area (Å²) in [6, 6.07) is 17.8. The summed E-state index contributed by atoms with van der Waals surface area (Å²) in [4.78, 5) is 4.44. The average molecular weight is 260 g/mol. The summed E-state index contributed by atoms with van der Waals surface area (Å²) in [6.45, 7) is 0. The van der Waals surface area contributed by atoms with Crippen LogP contribution in [0.3, 0.4) is 0 Å². The number of methoxy groups -OCH3 is 1. The second-order valence-corrected chi connectivity index (χ2v) is 4.41. The van der Waals surface area contributed by atoms with Crippen molar-refractivity contribution in [1.29, 1.82) is 5.26 Å². The molecule has 0 spiro atoms. The molecule has 0 radical (unpaired) electrons. The lowest BCUT2D eigenvalue weighted by molar-refractivity contribution is 0.415. The summed E-state index contributed by atoms with van der Waals surface area (Å²) in [5, 5.41) is 11.1. The zero-order valence-electron chi connectivity index (χ0n) is 11.0. The summed E-state index contributed by atoms with van der Waals surface area (Å²) >= 11 is 0. The summed E-state index contributed by atoms with van der Waals surface area (Å²) in [6.07, 6.45) is 1.63. The molecule has 0 saturated carbocycles. The first kappa shape index (κ1) is 12.2. The third kappa shape index (κ3) is 1.98. The van der Waals surface area contributed by atoms with Gasteiger partial charge in [-0.05, 0) is 24.3 Å². The Balaban J connectivity index is 2.24. The number of ether oxygens (including phenoxy) is 1. The van der Waals surface area contributed by atoms with Crippen LogP contribution in [0.4, 0.5) is 0 Å². The molecule has 3 heteroatoms. The fourth-order valence-electron chi connectivity index (χ4n) is 2.26. The van der Waals surface area contributed by atoms with Gasteiger partial charge in [0.25, 0.3) is 0 Å². The molecule has 0 unspecified atom stereocenters. The van der Waals surface area contributed by atoms with E-state index in [4.69, 9.17) is 10.00 Å². The third-order valence-corrected chi connectivity index (χ3v) is 3.28. The molecule has 0 aliphatic rings. The van der Waals surface area contributed by atoms with Crippen molar-refractivity contribution in [3.8, 4) is 23.1 Å². The largest absolute Gasteiger partial charge is 0.497 e. The van der Waals surface area contributed by atoms with Crippen molar-refractivity contribution < 1.29 is 4.74 Å². The van der Waals surface area contributed by atoms with Gasteiger partial charge in [0.1, 0.15) is 11.8 Å². The van der Waals surface area contributed by atoms with E-state index in [0.717, 1.165) is 27.8 Å². The lowest BCUT2D eigenvalue weighted by Crippen LogP contribution is -1.90. The van der Waals surface area contributed by atoms with Crippen LogP contribution in [0.5, 0.6) is 5.75 Å². The van der Waals surface area contributed by atoms with Gasteiger partial charge in [0.05, 0.1) is 18.4 Å². The van der Waals surface area contributed by atoms with Gasteiger partial charge >= 0.3 is 0 Å². The minimum absolute atomic E-state index is 0.595. The number of benzene rings is 2. The Hall–Kier alpha value is -2.86. The molecule has 96 valence electrons. The van der Waals surface area contributed by atoms with Crippen LogP contribution in [0.1, 0.15) is 5.56 Å². The van der Waals surface area contributed by atoms with Crippen LogP contribution < -0.4 is 4.74 Å². The highest BCUT2D eigenvalue weighted by atomic mass is 16.5. The lowest BCUT2D eigenvalue weighted by atomic mass is 10.0. The van der Waals surface area contributed by atoms with Gasteiger partial charge in [-0.3, -0.25) is 4.98 Å². The molecular formula is C17H12N2O. The molecular weight excluding hydrogens is 248 g/mol. The van der Waals surface area contributed by atoms with Crippen LogP contribution in [-0.4, -0.2) is 12.1 Å². The van der Waals surface area contributed by atoms with Crippen molar-refractivity contribution in [2.75, 3.05) is 7.11 Å². The SMILES string of the molecule is COc1ccc(-c2ncc(C#N)c3ccccc23)cc1. The van der Waals surface area contributed by atoms with E-state index in [1.807, 2.05) is 48.5 Å². The molecule has 0 bridgehead atoms. The number of nitrogens with zero attached hydrogens (tertiary/aromatic N) is 2. The molecule has 0 amide bonds. The van der Waals surface area contributed by atoms with Crippen LogP contribution in [0.2, 0.25) is 0 Å². The first-order valence-corrected chi connectivity index (χ1v) is 6.26. The molecule has 20 heavy (non-hydrogen) atoms. The molecule has 0 aliphatic heterocycles. The van der Waals surface area contributed by atoms with Gasteiger partial charge in [-0.2, -0.15) is 5.26 Å². The third-order valence-electron chi connectivity index (χ3n) is 3.28. The normalized spacial score (nSPS) is 10.2. The van der Waals surface area contributed by atoms with Crippen LogP contribution >= 0.6 is 0 Å². The molecule has 1 aromatic heterocycles. The van der Waals surface area contributed by atoms with E-state index in [9.17, 15) is 0 Å². The quantitative estimate of drug-likeness (QED) is 0.704. The number of rotatable bonds is 2. The maximum atomic E-state index is 9.16. The van der Waals surface area contributed by atoms with Crippen molar-refractivity contribution in [3.05, 3.63) is 60.3 Å². The van der Waals surface area contributed by atoms with Gasteiger partial charge < -0.3 is 4.74 Å². The highest BCUT2D eigenvalue weighted by molar-refractivity contribution is 5.97. The Morgan fingerprint density at radius 2 is 1.70 bits per heavy atom. The molecule has 2 aromatic carbocycles. The number of hydrogen-bond donors (Lipinski definition) is 0. The first-order chi connectivity index (χ1) is 9.83. The second-order valence-electron chi connectivity index (χ2n) is 4.41. The lowest BCUT2D eigenvalue weighted by Gasteiger charge is -2.08. The van der Waals surface area contributed by atoms with Crippen molar-refractivity contribution in [1.82, 2.24) is 4.98 Å². The predicted octanol–water partition coefficient (Wildman–Crippen LogP) is 3.78. The van der Waals surface area contributed by atoms with Crippen molar-refractivity contribution in [2.45, 2.75) is 0 Å². The maximum absolute atomic E-state index is 9.16. The Kier molecular flexibility index (Phi) is 3.06. The summed E-state index contributed by atoms with van der Waals surface area (Å²) in [5.74, 6) is 0.812. The fraction of sp³-hybridized carbons (Fsp3) is 0.0588. The zero-order chi connectivity index (χ0) is 13.9. The van der Waals surface area contributed by atoms with E-state index in [2.05, 4.69) is 11.1 Å². The number of aromatic nitrogens is 1. The average Bonchev–Trinajstić information content (AvgIpc) is 2.54. The zero-order valence-corrected chi connectivity index (χ0v) is 11.0. The smallest absolute Gasteiger partial charge is 0.118 e. The van der Waals surface area contributed by atoms with Gasteiger partial charge in [0, 0.05) is 22.5 Å². The molecule has 3 rings (SSSR count). The van der Waals surface area contributed by atoms with Gasteiger partial charge in [0.2, 0.25) is 0 Å². The Morgan fingerprint density at radius 1 is 1.00 bits per heavy atom. The molecule has 1 heterocycles. The van der Waals surface area contributed by atoms with Gasteiger partial charge in [-0.15, -0.1) is 0 Å². The standard InChI is InChI=1S/C17H12N2O/c1-20-14-8-6-12(7-9-14)17-16-5-3-2-4-15(16)13(10-18)11-19-17/h2-9,11H,1H3. The van der Waals surface area contributed by atoms with Crippen molar-refractivity contribution in [3.63, 3.8) is 0 Å². The maximum Gasteiger partial charge on any atom is 0.118 e. The molecule has 0 saturated heterocycles. The first-order valence-electron chi connectivity index (χ1n) is 6.26. The molecule has 3 aromatic rings. The van der Waals surface area contributed by atoms with Crippen molar-refractivity contribution >= 4 is 10.8 Å². The molecule has 0 N–H and O–H groups in total. The van der Waals surface area contributed by atoms with Crippen LogP contribution in [0.25, 0.3) is 22.0 Å². The van der Waals surface area contributed by atoms with E-state index in [0.29, 0.717) is 5.56 Å². The van der Waals surface area contributed by atoms with E-state index < -0.39 is 0 Å². The molecule has 3 nitrogen and oxygen atoms in total. The monoisotopic (exact) mass is 260 g/mol. The predicted molar refractivity (Wildman–Crippen MR) is 78.4 cm³/mol. The molecule has 0 aliphatic carbocycles. The summed E-state index contributed by atoms with van der Waals surface area (Å²) in [5.41, 5.74) is 2.48. The van der Waals surface area contributed by atoms with Gasteiger partial charge in [-0.1, -0.05) is 24.3 Å². The minimum atomic E-state index is 0.595. The summed E-state index contributed by atoms with van der Waals surface area (Å²) in [7, 11) is 1.64. The topological polar surface area (TPSA) is 45.9 Å². The molecule has 0 fully saturated rings. The Morgan fingerprint density at radius 3 is 2.35 bits per heavy atom. The van der Waals surface area contributed by atoms with Crippen LogP contribution in [-0.2, 0) is 0 Å². The van der Waals surface area contributed by atoms with Gasteiger partial charge in [0.15, 0.2) is 0 Å². The second kappa shape index (κ2) is 5.02. The number of nitriles is 1. The highest BCUT2D eigenvalue weighted by Gasteiger charge is 2.08. The number of pyridine rings is 1. The number of fused-ring (bicyclic) bond motifs is 1. The van der Waals surface area contributed by atoms with E-state index in [-0.39, 0.29) is 0 Å². The summed E-state index contributed by atoms with van der Waals surface area (Å²) < 4.78 is 5.17. The van der Waals surface area contributed by atoms with Crippen LogP contribution in [0.15, 0.2) is 54.7 Å². The Labute approximate surface area is 117 Å². The highest BCUT2D eigenvalue weighted by Crippen LogP contribution is 2.29. The number of hydrogen-bond acceptors (Lipinski definition) is 3.